The average molecular weight is 390 g/mol. The number of hydrogen-bond donors (Lipinski definition) is 2. The summed E-state index contributed by atoms with van der Waals surface area (Å²) in [6.45, 7) is 4.00. The number of nitrogens with two attached hydrogens (primary N) is 1. The van der Waals surface area contributed by atoms with Gasteiger partial charge in [-0.1, -0.05) is 25.8 Å². The predicted molar refractivity (Wildman–Crippen MR) is 101 cm³/mol. The Kier molecular flexibility index (Phi) is 8.85. The molecule has 1 fully saturated rings. The normalized spacial score (nSPS) is 17.2. The van der Waals surface area contributed by atoms with Crippen LogP contribution in [0.15, 0.2) is 29.2 Å². The molecule has 1 aromatic rings. The lowest BCUT2D eigenvalue weighted by atomic mass is 10.1. The first-order valence-corrected chi connectivity index (χ1v) is 9.97. The first-order chi connectivity index (χ1) is 11.4. The Morgan fingerprint density at radius 2 is 1.88 bits per heavy atom. The van der Waals surface area contributed by atoms with Crippen LogP contribution < -0.4 is 11.1 Å². The van der Waals surface area contributed by atoms with Crippen LogP contribution in [0.1, 0.15) is 43.0 Å². The molecule has 142 valence electrons. The van der Waals surface area contributed by atoms with Crippen molar-refractivity contribution < 1.29 is 13.2 Å². The molecule has 25 heavy (non-hydrogen) atoms. The molecule has 0 radical (unpaired) electrons. The van der Waals surface area contributed by atoms with Crippen molar-refractivity contribution in [3.05, 3.63) is 29.8 Å². The smallest absolute Gasteiger partial charge is 0.251 e. The van der Waals surface area contributed by atoms with Gasteiger partial charge >= 0.3 is 0 Å². The highest BCUT2D eigenvalue weighted by atomic mass is 35.5. The zero-order chi connectivity index (χ0) is 17.6. The number of sulfonamides is 1. The number of carbonyl (C=O) groups is 1. The van der Waals surface area contributed by atoms with E-state index in [9.17, 15) is 13.2 Å². The molecule has 0 aromatic heterocycles. The van der Waals surface area contributed by atoms with Gasteiger partial charge < -0.3 is 11.1 Å². The van der Waals surface area contributed by atoms with Crippen LogP contribution in [0, 0.1) is 5.92 Å². The molecule has 0 bridgehead atoms. The Morgan fingerprint density at radius 1 is 1.24 bits per heavy atom. The second-order valence-electron chi connectivity index (χ2n) is 6.40. The van der Waals surface area contributed by atoms with Gasteiger partial charge in [-0.3, -0.25) is 4.79 Å². The van der Waals surface area contributed by atoms with Gasteiger partial charge in [-0.2, -0.15) is 4.31 Å². The highest BCUT2D eigenvalue weighted by Gasteiger charge is 2.25. The number of nitrogens with one attached hydrogen (secondary N) is 1. The summed E-state index contributed by atoms with van der Waals surface area (Å²) < 4.78 is 27.1. The zero-order valence-electron chi connectivity index (χ0n) is 14.6. The van der Waals surface area contributed by atoms with E-state index in [1.54, 1.807) is 18.2 Å². The van der Waals surface area contributed by atoms with Crippen LogP contribution >= 0.6 is 12.4 Å². The largest absolute Gasteiger partial charge is 0.352 e. The van der Waals surface area contributed by atoms with E-state index in [0.29, 0.717) is 31.7 Å². The van der Waals surface area contributed by atoms with Crippen molar-refractivity contribution >= 4 is 28.3 Å². The van der Waals surface area contributed by atoms with Crippen LogP contribution in [0.3, 0.4) is 0 Å². The highest BCUT2D eigenvalue weighted by molar-refractivity contribution is 7.89. The van der Waals surface area contributed by atoms with Crippen LogP contribution in [0.5, 0.6) is 0 Å². The van der Waals surface area contributed by atoms with Crippen LogP contribution in [-0.2, 0) is 10.0 Å². The van der Waals surface area contributed by atoms with Gasteiger partial charge in [0, 0.05) is 25.2 Å². The van der Waals surface area contributed by atoms with Gasteiger partial charge in [0.2, 0.25) is 10.0 Å². The first-order valence-electron chi connectivity index (χ1n) is 8.53. The number of halogens is 1. The minimum absolute atomic E-state index is 0. The van der Waals surface area contributed by atoms with E-state index in [1.807, 2.05) is 6.92 Å². The maximum atomic E-state index is 12.8. The third-order valence-corrected chi connectivity index (χ3v) is 6.21. The number of nitrogens with zero attached hydrogens (tertiary/aromatic N) is 1. The summed E-state index contributed by atoms with van der Waals surface area (Å²) in [5.74, 6) is -0.0961. The fourth-order valence-electron chi connectivity index (χ4n) is 2.68. The maximum absolute atomic E-state index is 12.8. The minimum Gasteiger partial charge on any atom is -0.352 e. The Balaban J connectivity index is 0.00000312. The molecule has 1 amide bonds. The minimum atomic E-state index is -3.54. The van der Waals surface area contributed by atoms with E-state index < -0.39 is 10.0 Å². The summed E-state index contributed by atoms with van der Waals surface area (Å²) in [4.78, 5) is 12.4. The van der Waals surface area contributed by atoms with Gasteiger partial charge in [-0.15, -0.1) is 12.4 Å². The van der Waals surface area contributed by atoms with E-state index in [4.69, 9.17) is 5.73 Å². The van der Waals surface area contributed by atoms with Crippen molar-refractivity contribution in [2.45, 2.75) is 37.5 Å². The molecule has 6 nitrogen and oxygen atoms in total. The van der Waals surface area contributed by atoms with Crippen molar-refractivity contribution in [3.8, 4) is 0 Å². The monoisotopic (exact) mass is 389 g/mol. The molecule has 0 spiro atoms. The molecule has 0 aliphatic carbocycles. The van der Waals surface area contributed by atoms with Gasteiger partial charge in [-0.25, -0.2) is 8.42 Å². The first kappa shape index (κ1) is 21.9. The van der Waals surface area contributed by atoms with Gasteiger partial charge in [0.15, 0.2) is 0 Å². The molecule has 2 rings (SSSR count). The average Bonchev–Trinajstić information content (AvgIpc) is 2.89. The Morgan fingerprint density at radius 3 is 2.48 bits per heavy atom. The lowest BCUT2D eigenvalue weighted by Crippen LogP contribution is -2.33. The van der Waals surface area contributed by atoms with Gasteiger partial charge in [0.25, 0.3) is 5.91 Å². The number of carbonyl (C=O) groups excluding carboxylic acids is 1. The fraction of sp³-hybridized carbons (Fsp3) is 0.588. The van der Waals surface area contributed by atoms with Crippen LogP contribution in [-0.4, -0.2) is 44.8 Å². The van der Waals surface area contributed by atoms with Crippen molar-refractivity contribution in [1.29, 1.82) is 0 Å². The molecule has 1 aliphatic heterocycles. The van der Waals surface area contributed by atoms with E-state index >= 15 is 0 Å². The number of rotatable bonds is 6. The molecule has 1 unspecified atom stereocenters. The molecule has 1 saturated heterocycles. The Bertz CT molecular complexity index is 659. The summed E-state index contributed by atoms with van der Waals surface area (Å²) >= 11 is 0. The topological polar surface area (TPSA) is 92.5 Å². The van der Waals surface area contributed by atoms with Crippen molar-refractivity contribution in [1.82, 2.24) is 9.62 Å². The van der Waals surface area contributed by atoms with Crippen molar-refractivity contribution in [2.24, 2.45) is 11.7 Å². The molecule has 8 heteroatoms. The number of amides is 1. The van der Waals surface area contributed by atoms with E-state index in [-0.39, 0.29) is 29.1 Å². The molecule has 0 saturated carbocycles. The van der Waals surface area contributed by atoms with Crippen molar-refractivity contribution in [2.75, 3.05) is 26.2 Å². The van der Waals surface area contributed by atoms with Crippen LogP contribution in [0.25, 0.3) is 0 Å². The molecular formula is C17H28ClN3O3S. The molecule has 3 N–H and O–H groups in total. The summed E-state index contributed by atoms with van der Waals surface area (Å²) in [6.07, 6.45) is 3.90. The Labute approximate surface area is 156 Å². The van der Waals surface area contributed by atoms with Crippen LogP contribution in [0.4, 0.5) is 0 Å². The number of benzene rings is 1. The third kappa shape index (κ3) is 5.95. The highest BCUT2D eigenvalue weighted by Crippen LogP contribution is 2.21. The summed E-state index contributed by atoms with van der Waals surface area (Å²) in [6, 6.07) is 6.26. The lowest BCUT2D eigenvalue weighted by molar-refractivity contribution is 0.0948. The van der Waals surface area contributed by atoms with Crippen molar-refractivity contribution in [3.63, 3.8) is 0 Å². The fourth-order valence-corrected chi connectivity index (χ4v) is 4.24. The second kappa shape index (κ2) is 10.1. The Hall–Kier alpha value is -1.15. The van der Waals surface area contributed by atoms with Gasteiger partial charge in [0.05, 0.1) is 4.90 Å². The molecule has 1 aromatic carbocycles. The maximum Gasteiger partial charge on any atom is 0.251 e. The summed E-state index contributed by atoms with van der Waals surface area (Å²) in [5, 5.41) is 2.79. The molecule has 1 atom stereocenters. The van der Waals surface area contributed by atoms with Gasteiger partial charge in [0.1, 0.15) is 0 Å². The van der Waals surface area contributed by atoms with E-state index in [0.717, 1.165) is 25.7 Å². The van der Waals surface area contributed by atoms with E-state index in [1.165, 1.54) is 10.4 Å². The standard InChI is InChI=1S/C17H27N3O3S.ClH/c1-14(12-18)13-19-17(21)15-7-6-8-16(11-15)24(22,23)20-9-4-2-3-5-10-20;/h6-8,11,14H,2-5,9-10,12-13,18H2,1H3,(H,19,21);1H. The third-order valence-electron chi connectivity index (χ3n) is 4.31. The predicted octanol–water partition coefficient (Wildman–Crippen LogP) is 2.00. The molecule has 1 heterocycles. The summed E-state index contributed by atoms with van der Waals surface area (Å²) in [7, 11) is -3.54. The lowest BCUT2D eigenvalue weighted by Gasteiger charge is -2.20. The molecular weight excluding hydrogens is 362 g/mol. The zero-order valence-corrected chi connectivity index (χ0v) is 16.2. The van der Waals surface area contributed by atoms with E-state index in [2.05, 4.69) is 5.32 Å². The SMILES string of the molecule is CC(CN)CNC(=O)c1cccc(S(=O)(=O)N2CCCCCC2)c1.Cl. The van der Waals surface area contributed by atoms with Crippen LogP contribution in [0.2, 0.25) is 0 Å². The quantitative estimate of drug-likeness (QED) is 0.778. The number of hydrogen-bond acceptors (Lipinski definition) is 4. The molecule has 1 aliphatic rings. The second-order valence-corrected chi connectivity index (χ2v) is 8.33. The summed E-state index contributed by atoms with van der Waals surface area (Å²) in [5.41, 5.74) is 5.89. The van der Waals surface area contributed by atoms with Gasteiger partial charge in [-0.05, 0) is 43.5 Å².